The maximum atomic E-state index is 12.5. The van der Waals surface area contributed by atoms with Crippen molar-refractivity contribution in [1.29, 1.82) is 0 Å². The molecule has 3 rings (SSSR count). The van der Waals surface area contributed by atoms with Crippen molar-refractivity contribution in [3.8, 4) is 0 Å². The Labute approximate surface area is 162 Å². The molecule has 0 saturated carbocycles. The van der Waals surface area contributed by atoms with Gasteiger partial charge in [0.15, 0.2) is 0 Å². The molecular weight excluding hydrogens is 388 g/mol. The molecule has 11 heteroatoms. The summed E-state index contributed by atoms with van der Waals surface area (Å²) in [6.45, 7) is 2.34. The Hall–Kier alpha value is -2.24. The van der Waals surface area contributed by atoms with Gasteiger partial charge in [-0.15, -0.1) is 11.3 Å². The predicted octanol–water partition coefficient (Wildman–Crippen LogP) is 0.489. The quantitative estimate of drug-likeness (QED) is 0.688. The van der Waals surface area contributed by atoms with E-state index >= 15 is 0 Å². The lowest BCUT2D eigenvalue weighted by molar-refractivity contribution is 0.241. The topological polar surface area (TPSA) is 108 Å². The first-order chi connectivity index (χ1) is 13.0. The van der Waals surface area contributed by atoms with Gasteiger partial charge >= 0.3 is 6.03 Å². The van der Waals surface area contributed by atoms with Gasteiger partial charge in [-0.05, 0) is 17.5 Å². The second kappa shape index (κ2) is 9.11. The highest BCUT2D eigenvalue weighted by Crippen LogP contribution is 2.12. The number of hydrogen-bond acceptors (Lipinski definition) is 7. The number of urea groups is 1. The first-order valence-corrected chi connectivity index (χ1v) is 11.1. The van der Waals surface area contributed by atoms with E-state index in [1.807, 2.05) is 22.4 Å². The third-order valence-corrected chi connectivity index (χ3v) is 6.86. The van der Waals surface area contributed by atoms with Crippen molar-refractivity contribution in [2.24, 2.45) is 0 Å². The number of carbonyl (C=O) groups excluding carboxylic acids is 1. The van der Waals surface area contributed by atoms with Gasteiger partial charge in [0.2, 0.25) is 16.0 Å². The number of rotatable bonds is 7. The molecule has 2 amide bonds. The maximum absolute atomic E-state index is 12.5. The Kier molecular flexibility index (Phi) is 6.58. The van der Waals surface area contributed by atoms with Gasteiger partial charge in [0, 0.05) is 50.0 Å². The highest BCUT2D eigenvalue weighted by molar-refractivity contribution is 7.89. The molecule has 1 saturated heterocycles. The molecule has 2 N–H and O–H groups in total. The van der Waals surface area contributed by atoms with E-state index < -0.39 is 10.0 Å². The molecular formula is C16H22N6O3S2. The molecule has 0 spiro atoms. The van der Waals surface area contributed by atoms with Crippen LogP contribution in [0.15, 0.2) is 36.0 Å². The molecule has 9 nitrogen and oxygen atoms in total. The number of aromatic nitrogens is 2. The van der Waals surface area contributed by atoms with Crippen LogP contribution in [0.4, 0.5) is 10.7 Å². The Bertz CT molecular complexity index is 821. The minimum atomic E-state index is -3.42. The lowest BCUT2D eigenvalue weighted by atomic mass is 10.4. The summed E-state index contributed by atoms with van der Waals surface area (Å²) in [7, 11) is -3.42. The molecule has 0 aromatic carbocycles. The van der Waals surface area contributed by atoms with Gasteiger partial charge in [0.1, 0.15) is 0 Å². The first kappa shape index (κ1) is 19.5. The Morgan fingerprint density at radius 1 is 1.11 bits per heavy atom. The summed E-state index contributed by atoms with van der Waals surface area (Å²) in [6.07, 6.45) is 3.33. The number of sulfonamides is 1. The molecule has 2 aromatic heterocycles. The molecule has 0 unspecified atom stereocenters. The van der Waals surface area contributed by atoms with Crippen LogP contribution in [-0.2, 0) is 16.6 Å². The van der Waals surface area contributed by atoms with E-state index in [0.29, 0.717) is 38.7 Å². The molecule has 1 aliphatic heterocycles. The number of piperazine rings is 1. The molecule has 0 atom stereocenters. The van der Waals surface area contributed by atoms with Crippen molar-refractivity contribution in [3.05, 3.63) is 40.8 Å². The van der Waals surface area contributed by atoms with Crippen LogP contribution in [0.2, 0.25) is 0 Å². The Morgan fingerprint density at radius 3 is 2.52 bits per heavy atom. The summed E-state index contributed by atoms with van der Waals surface area (Å²) in [6, 6.07) is 5.21. The third kappa shape index (κ3) is 5.62. The van der Waals surface area contributed by atoms with Crippen LogP contribution in [0.25, 0.3) is 0 Å². The largest absolute Gasteiger partial charge is 0.338 e. The zero-order chi connectivity index (χ0) is 19.1. The first-order valence-electron chi connectivity index (χ1n) is 8.58. The normalized spacial score (nSPS) is 15.5. The predicted molar refractivity (Wildman–Crippen MR) is 104 cm³/mol. The summed E-state index contributed by atoms with van der Waals surface area (Å²) in [5.41, 5.74) is 0. The number of nitrogens with one attached hydrogen (secondary N) is 2. The lowest BCUT2D eigenvalue weighted by Gasteiger charge is -2.33. The molecule has 3 heterocycles. The average molecular weight is 411 g/mol. The highest BCUT2D eigenvalue weighted by Gasteiger charge is 2.27. The fraction of sp³-hybridized carbons (Fsp3) is 0.438. The second-order valence-corrected chi connectivity index (χ2v) is 9.06. The minimum Gasteiger partial charge on any atom is -0.338 e. The van der Waals surface area contributed by atoms with Crippen molar-refractivity contribution < 1.29 is 13.2 Å². The van der Waals surface area contributed by atoms with E-state index in [1.54, 1.807) is 29.8 Å². The fourth-order valence-corrected chi connectivity index (χ4v) is 4.67. The van der Waals surface area contributed by atoms with Crippen molar-refractivity contribution in [1.82, 2.24) is 24.9 Å². The van der Waals surface area contributed by atoms with E-state index in [4.69, 9.17) is 0 Å². The van der Waals surface area contributed by atoms with Gasteiger partial charge in [0.25, 0.3) is 0 Å². The number of thiophene rings is 1. The van der Waals surface area contributed by atoms with Crippen molar-refractivity contribution in [2.75, 3.05) is 43.4 Å². The fourth-order valence-electron chi connectivity index (χ4n) is 2.69. The highest BCUT2D eigenvalue weighted by atomic mass is 32.2. The van der Waals surface area contributed by atoms with Gasteiger partial charge in [-0.1, -0.05) is 6.07 Å². The molecule has 2 aromatic rings. The van der Waals surface area contributed by atoms with Gasteiger partial charge in [0.05, 0.1) is 12.3 Å². The minimum absolute atomic E-state index is 0.0701. The molecule has 27 heavy (non-hydrogen) atoms. The number of anilines is 1. The van der Waals surface area contributed by atoms with E-state index in [0.717, 1.165) is 4.88 Å². The van der Waals surface area contributed by atoms with Crippen molar-refractivity contribution in [3.63, 3.8) is 0 Å². The van der Waals surface area contributed by atoms with Gasteiger partial charge in [-0.25, -0.2) is 23.2 Å². The number of carbonyl (C=O) groups is 1. The van der Waals surface area contributed by atoms with Crippen molar-refractivity contribution >= 4 is 33.3 Å². The van der Waals surface area contributed by atoms with Crippen LogP contribution < -0.4 is 15.5 Å². The van der Waals surface area contributed by atoms with E-state index in [1.165, 1.54) is 4.31 Å². The molecule has 1 fully saturated rings. The Balaban J connectivity index is 1.39. The van der Waals surface area contributed by atoms with Crippen LogP contribution >= 0.6 is 11.3 Å². The summed E-state index contributed by atoms with van der Waals surface area (Å²) in [5.74, 6) is 0.486. The molecule has 0 radical (unpaired) electrons. The van der Waals surface area contributed by atoms with Gasteiger partial charge in [-0.3, -0.25) is 0 Å². The lowest BCUT2D eigenvalue weighted by Crippen LogP contribution is -2.50. The standard InChI is InChI=1S/C16H22N6O3S2/c23-16(20-13-14-3-1-11-26-14)19-6-12-27(24,25)22-9-7-21(8-10-22)15-17-4-2-5-18-15/h1-5,11H,6-10,12-13H2,(H2,19,20,23). The molecule has 0 bridgehead atoms. The zero-order valence-electron chi connectivity index (χ0n) is 14.7. The SMILES string of the molecule is O=C(NCCS(=O)(=O)N1CCN(c2ncccn2)CC1)NCc1cccs1. The monoisotopic (exact) mass is 410 g/mol. The second-order valence-electron chi connectivity index (χ2n) is 5.94. The van der Waals surface area contributed by atoms with Crippen LogP contribution in [0.1, 0.15) is 4.88 Å². The molecule has 1 aliphatic rings. The van der Waals surface area contributed by atoms with Gasteiger partial charge < -0.3 is 15.5 Å². The molecule has 0 aliphatic carbocycles. The zero-order valence-corrected chi connectivity index (χ0v) is 16.4. The summed E-state index contributed by atoms with van der Waals surface area (Å²) < 4.78 is 26.4. The van der Waals surface area contributed by atoms with Crippen LogP contribution in [-0.4, -0.2) is 67.2 Å². The van der Waals surface area contributed by atoms with Crippen molar-refractivity contribution in [2.45, 2.75) is 6.54 Å². The summed E-state index contributed by atoms with van der Waals surface area (Å²) in [5, 5.41) is 7.24. The number of hydrogen-bond donors (Lipinski definition) is 2. The Morgan fingerprint density at radius 2 is 1.85 bits per heavy atom. The molecule has 146 valence electrons. The average Bonchev–Trinajstić information content (AvgIpc) is 3.21. The van der Waals surface area contributed by atoms with Crippen LogP contribution in [0, 0.1) is 0 Å². The van der Waals surface area contributed by atoms with Gasteiger partial charge in [-0.2, -0.15) is 4.31 Å². The number of nitrogens with zero attached hydrogens (tertiary/aromatic N) is 4. The van der Waals surface area contributed by atoms with E-state index in [2.05, 4.69) is 20.6 Å². The van der Waals surface area contributed by atoms with Crippen LogP contribution in [0.3, 0.4) is 0 Å². The smallest absolute Gasteiger partial charge is 0.315 e. The maximum Gasteiger partial charge on any atom is 0.315 e. The third-order valence-electron chi connectivity index (χ3n) is 4.12. The number of amides is 2. The van der Waals surface area contributed by atoms with Crippen LogP contribution in [0.5, 0.6) is 0 Å². The summed E-state index contributed by atoms with van der Waals surface area (Å²) >= 11 is 1.55. The van der Waals surface area contributed by atoms with E-state index in [-0.39, 0.29) is 18.3 Å². The summed E-state index contributed by atoms with van der Waals surface area (Å²) in [4.78, 5) is 23.1. The van der Waals surface area contributed by atoms with E-state index in [9.17, 15) is 13.2 Å².